The standard InChI is InChI=1S/C31H33N2O/c1-18-15-19(2)27(24-9-8-14-32-33(24)7)29-26(18)22-16-20-10-11-23-28(21(20)17-25(22)34-29)31(5,6)13-12-30(23,3)4/h8-11,14-17H,12-13H2,1-7H3/q+1/i1D3. The van der Waals surface area contributed by atoms with Gasteiger partial charge in [0.1, 0.15) is 11.2 Å². The molecule has 2 heterocycles. The van der Waals surface area contributed by atoms with E-state index >= 15 is 0 Å². The summed E-state index contributed by atoms with van der Waals surface area (Å²) in [6, 6.07) is 14.4. The van der Waals surface area contributed by atoms with Crippen molar-refractivity contribution in [1.29, 1.82) is 0 Å². The third-order valence-corrected chi connectivity index (χ3v) is 8.05. The summed E-state index contributed by atoms with van der Waals surface area (Å²) in [6.07, 6.45) is 4.01. The van der Waals surface area contributed by atoms with Gasteiger partial charge in [-0.25, -0.2) is 0 Å². The minimum atomic E-state index is -2.27. The minimum absolute atomic E-state index is 0.0408. The molecule has 0 bridgehead atoms. The number of hydrogen-bond acceptors (Lipinski definition) is 2. The highest BCUT2D eigenvalue weighted by molar-refractivity contribution is 6.15. The van der Waals surface area contributed by atoms with Crippen LogP contribution in [0.4, 0.5) is 0 Å². The Morgan fingerprint density at radius 3 is 2.53 bits per heavy atom. The molecule has 0 aliphatic heterocycles. The molecule has 34 heavy (non-hydrogen) atoms. The lowest BCUT2D eigenvalue weighted by Crippen LogP contribution is -2.35. The number of hydrogen-bond donors (Lipinski definition) is 0. The molecular formula is C31H33N2O+. The molecule has 5 aromatic rings. The second-order valence-electron chi connectivity index (χ2n) is 11.3. The van der Waals surface area contributed by atoms with Crippen LogP contribution in [0.1, 0.15) is 66.9 Å². The third-order valence-electron chi connectivity index (χ3n) is 8.05. The van der Waals surface area contributed by atoms with E-state index in [1.807, 2.05) is 26.1 Å². The van der Waals surface area contributed by atoms with Gasteiger partial charge >= 0.3 is 0 Å². The molecule has 0 N–H and O–H groups in total. The molecule has 0 amide bonds. The Labute approximate surface area is 205 Å². The van der Waals surface area contributed by atoms with Gasteiger partial charge in [-0.1, -0.05) is 50.6 Å². The Morgan fingerprint density at radius 1 is 0.971 bits per heavy atom. The van der Waals surface area contributed by atoms with Gasteiger partial charge < -0.3 is 4.42 Å². The van der Waals surface area contributed by atoms with Gasteiger partial charge in [-0.2, -0.15) is 0 Å². The summed E-state index contributed by atoms with van der Waals surface area (Å²) in [5.74, 6) is 0. The van der Waals surface area contributed by atoms with Gasteiger partial charge in [0.15, 0.2) is 7.05 Å². The fourth-order valence-corrected chi connectivity index (χ4v) is 6.08. The van der Waals surface area contributed by atoms with E-state index in [-0.39, 0.29) is 10.8 Å². The molecule has 1 aliphatic carbocycles. The highest BCUT2D eigenvalue weighted by Gasteiger charge is 2.38. The molecule has 3 heteroatoms. The Balaban J connectivity index is 1.79. The molecule has 3 nitrogen and oxygen atoms in total. The summed E-state index contributed by atoms with van der Waals surface area (Å²) in [4.78, 5) is 0. The van der Waals surface area contributed by atoms with Crippen LogP contribution in [0.15, 0.2) is 53.1 Å². The first-order valence-electron chi connectivity index (χ1n) is 13.6. The van der Waals surface area contributed by atoms with Crippen molar-refractivity contribution in [3.63, 3.8) is 0 Å². The Hall–Kier alpha value is -3.20. The maximum atomic E-state index is 8.34. The number of fused-ring (bicyclic) bond motifs is 6. The summed E-state index contributed by atoms with van der Waals surface area (Å²) in [6.45, 7) is 9.00. The van der Waals surface area contributed by atoms with Crippen LogP contribution in [-0.4, -0.2) is 5.10 Å². The molecule has 0 atom stereocenters. The Morgan fingerprint density at radius 2 is 1.76 bits per heavy atom. The molecule has 1 aliphatic rings. The average molecular weight is 453 g/mol. The molecule has 0 radical (unpaired) electrons. The highest BCUT2D eigenvalue weighted by Crippen LogP contribution is 2.49. The zero-order valence-corrected chi connectivity index (χ0v) is 20.8. The molecule has 172 valence electrons. The van der Waals surface area contributed by atoms with E-state index in [0.717, 1.165) is 46.0 Å². The molecule has 0 unspecified atom stereocenters. The van der Waals surface area contributed by atoms with Crippen molar-refractivity contribution >= 4 is 32.7 Å². The van der Waals surface area contributed by atoms with E-state index < -0.39 is 6.85 Å². The zero-order valence-electron chi connectivity index (χ0n) is 23.8. The van der Waals surface area contributed by atoms with Crippen molar-refractivity contribution in [2.45, 2.75) is 65.1 Å². The summed E-state index contributed by atoms with van der Waals surface area (Å²) in [5.41, 5.74) is 7.19. The molecule has 0 fully saturated rings. The van der Waals surface area contributed by atoms with E-state index in [1.54, 1.807) is 16.9 Å². The Kier molecular flexibility index (Phi) is 3.69. The van der Waals surface area contributed by atoms with Crippen molar-refractivity contribution in [3.05, 3.63) is 70.9 Å². The van der Waals surface area contributed by atoms with Gasteiger partial charge in [0, 0.05) is 21.0 Å². The fraction of sp³-hybridized carbons (Fsp3) is 0.355. The average Bonchev–Trinajstić information content (AvgIpc) is 3.17. The van der Waals surface area contributed by atoms with E-state index in [0.29, 0.717) is 16.5 Å². The maximum absolute atomic E-state index is 8.34. The molecule has 2 aromatic heterocycles. The van der Waals surface area contributed by atoms with Gasteiger partial charge in [0.05, 0.1) is 11.8 Å². The molecule has 3 aromatic carbocycles. The lowest BCUT2D eigenvalue weighted by molar-refractivity contribution is -0.720. The lowest BCUT2D eigenvalue weighted by atomic mass is 9.62. The third kappa shape index (κ3) is 2.89. The van der Waals surface area contributed by atoms with E-state index in [2.05, 4.69) is 57.1 Å². The first-order valence-corrected chi connectivity index (χ1v) is 12.1. The summed E-state index contributed by atoms with van der Waals surface area (Å²) >= 11 is 0. The van der Waals surface area contributed by atoms with Gasteiger partial charge in [-0.15, -0.1) is 0 Å². The van der Waals surface area contributed by atoms with E-state index in [1.165, 1.54) is 16.5 Å². The van der Waals surface area contributed by atoms with E-state index in [4.69, 9.17) is 8.53 Å². The summed E-state index contributed by atoms with van der Waals surface area (Å²) in [7, 11) is 1.89. The Bertz CT molecular complexity index is 1740. The normalized spacial score (nSPS) is 18.6. The molecule has 0 spiro atoms. The number of furan rings is 1. The largest absolute Gasteiger partial charge is 0.455 e. The molecule has 0 saturated heterocycles. The highest BCUT2D eigenvalue weighted by atomic mass is 16.3. The number of rotatable bonds is 1. The monoisotopic (exact) mass is 452 g/mol. The minimum Gasteiger partial charge on any atom is -0.455 e. The van der Waals surface area contributed by atoms with Gasteiger partial charge in [0.25, 0.3) is 0 Å². The smallest absolute Gasteiger partial charge is 0.242 e. The molecule has 0 saturated carbocycles. The summed E-state index contributed by atoms with van der Waals surface area (Å²) in [5, 5.41) is 8.23. The van der Waals surface area contributed by atoms with Crippen molar-refractivity contribution in [3.8, 4) is 11.3 Å². The van der Waals surface area contributed by atoms with Crippen LogP contribution in [0.25, 0.3) is 44.0 Å². The number of aromatic nitrogens is 2. The van der Waals surface area contributed by atoms with Gasteiger partial charge in [-0.3, -0.25) is 0 Å². The van der Waals surface area contributed by atoms with Crippen LogP contribution >= 0.6 is 0 Å². The number of nitrogens with zero attached hydrogens (tertiary/aromatic N) is 2. The first-order chi connectivity index (χ1) is 17.3. The predicted molar refractivity (Wildman–Crippen MR) is 140 cm³/mol. The fourth-order valence-electron chi connectivity index (χ4n) is 6.08. The van der Waals surface area contributed by atoms with Crippen LogP contribution in [0, 0.1) is 13.8 Å². The van der Waals surface area contributed by atoms with Crippen molar-refractivity contribution in [2.75, 3.05) is 0 Å². The van der Waals surface area contributed by atoms with E-state index in [9.17, 15) is 0 Å². The first kappa shape index (κ1) is 18.2. The van der Waals surface area contributed by atoms with Crippen LogP contribution < -0.4 is 4.68 Å². The topological polar surface area (TPSA) is 29.9 Å². The van der Waals surface area contributed by atoms with Crippen LogP contribution in [-0.2, 0) is 17.9 Å². The molecule has 6 rings (SSSR count). The quantitative estimate of drug-likeness (QED) is 0.245. The SMILES string of the molecule is [2H]C([2H])([2H])c1cc(C)c(-c2cccn[n+]2C)c2oc3cc4c5c(ccc4cc3c12)C(C)(C)CCC5(C)C. The van der Waals surface area contributed by atoms with Gasteiger partial charge in [0.2, 0.25) is 5.69 Å². The molecular weight excluding hydrogens is 416 g/mol. The van der Waals surface area contributed by atoms with Crippen LogP contribution in [0.3, 0.4) is 0 Å². The number of benzene rings is 3. The second kappa shape index (κ2) is 6.91. The maximum Gasteiger partial charge on any atom is 0.242 e. The van der Waals surface area contributed by atoms with Crippen molar-refractivity contribution in [2.24, 2.45) is 7.05 Å². The predicted octanol–water partition coefficient (Wildman–Crippen LogP) is 7.59. The second-order valence-corrected chi connectivity index (χ2v) is 11.3. The zero-order chi connectivity index (χ0) is 26.5. The van der Waals surface area contributed by atoms with Crippen LogP contribution in [0.5, 0.6) is 0 Å². The van der Waals surface area contributed by atoms with Gasteiger partial charge in [-0.05, 0) is 93.8 Å². The van der Waals surface area contributed by atoms with Crippen LogP contribution in [0.2, 0.25) is 0 Å². The number of aryl methyl sites for hydroxylation is 3. The van der Waals surface area contributed by atoms with Crippen molar-refractivity contribution < 1.29 is 13.2 Å². The van der Waals surface area contributed by atoms with Crippen molar-refractivity contribution in [1.82, 2.24) is 5.10 Å². The summed E-state index contributed by atoms with van der Waals surface area (Å²) < 4.78 is 33.5. The lowest BCUT2D eigenvalue weighted by Gasteiger charge is -2.42.